The molecule has 0 spiro atoms. The van der Waals surface area contributed by atoms with Crippen LogP contribution in [0, 0.1) is 0 Å². The maximum Gasteiger partial charge on any atom is 0.472 e. The van der Waals surface area contributed by atoms with Gasteiger partial charge in [0.1, 0.15) is 19.3 Å². The summed E-state index contributed by atoms with van der Waals surface area (Å²) < 4.78 is 68.6. The molecule has 0 amide bonds. The van der Waals surface area contributed by atoms with Gasteiger partial charge < -0.3 is 33.8 Å². The maximum absolute atomic E-state index is 13.1. The molecule has 0 aliphatic heterocycles. The first kappa shape index (κ1) is 103. The average Bonchev–Trinajstić information content (AvgIpc) is 0.923. The van der Waals surface area contributed by atoms with E-state index in [1.807, 2.05) is 12.2 Å². The Morgan fingerprint density at radius 1 is 0.269 bits per heavy atom. The molecule has 0 fully saturated rings. The van der Waals surface area contributed by atoms with Crippen molar-refractivity contribution < 1.29 is 80.2 Å². The highest BCUT2D eigenvalue weighted by Crippen LogP contribution is 2.45. The Kier molecular flexibility index (Phi) is 75.8. The second-order valence-electron chi connectivity index (χ2n) is 27.3. The highest BCUT2D eigenvalue weighted by molar-refractivity contribution is 7.47. The van der Waals surface area contributed by atoms with Crippen LogP contribution in [0.15, 0.2) is 158 Å². The van der Waals surface area contributed by atoms with Crippen molar-refractivity contribution in [2.75, 3.05) is 39.6 Å². The van der Waals surface area contributed by atoms with E-state index in [4.69, 9.17) is 37.0 Å². The molecule has 0 saturated carbocycles. The van der Waals surface area contributed by atoms with E-state index < -0.39 is 97.5 Å². The molecule has 0 heterocycles. The van der Waals surface area contributed by atoms with Crippen LogP contribution >= 0.6 is 15.6 Å². The molecule has 17 nitrogen and oxygen atoms in total. The predicted molar refractivity (Wildman–Crippen MR) is 445 cm³/mol. The van der Waals surface area contributed by atoms with E-state index in [1.165, 1.54) is 64.2 Å². The van der Waals surface area contributed by atoms with Crippen LogP contribution < -0.4 is 0 Å². The Labute approximate surface area is 655 Å². The Morgan fingerprint density at radius 2 is 0.500 bits per heavy atom. The van der Waals surface area contributed by atoms with Gasteiger partial charge in [-0.05, 0) is 167 Å². The van der Waals surface area contributed by atoms with Gasteiger partial charge in [-0.1, -0.05) is 288 Å². The molecule has 0 aliphatic carbocycles. The van der Waals surface area contributed by atoms with E-state index in [0.29, 0.717) is 32.1 Å². The van der Waals surface area contributed by atoms with E-state index in [9.17, 15) is 43.2 Å². The molecule has 108 heavy (non-hydrogen) atoms. The molecule has 0 aromatic carbocycles. The number of unbranched alkanes of at least 4 members (excludes halogenated alkanes) is 25. The first-order valence-corrected chi connectivity index (χ1v) is 44.7. The predicted octanol–water partition coefficient (Wildman–Crippen LogP) is 24.8. The number of rotatable bonds is 77. The molecule has 0 aromatic rings. The number of aliphatic hydroxyl groups excluding tert-OH is 1. The van der Waals surface area contributed by atoms with Crippen molar-refractivity contribution in [3.8, 4) is 0 Å². The molecule has 2 unspecified atom stereocenters. The summed E-state index contributed by atoms with van der Waals surface area (Å²) in [6, 6.07) is 0. The average molecular weight is 1550 g/mol. The zero-order valence-corrected chi connectivity index (χ0v) is 69.3. The topological polar surface area (TPSA) is 237 Å². The van der Waals surface area contributed by atoms with Crippen LogP contribution in [0.4, 0.5) is 0 Å². The number of hydrogen-bond donors (Lipinski definition) is 3. The summed E-state index contributed by atoms with van der Waals surface area (Å²) in [6.45, 7) is 4.56. The zero-order valence-electron chi connectivity index (χ0n) is 67.5. The Morgan fingerprint density at radius 3 is 0.833 bits per heavy atom. The first-order valence-electron chi connectivity index (χ1n) is 41.7. The molecule has 0 aromatic heterocycles. The Balaban J connectivity index is 5.48. The lowest BCUT2D eigenvalue weighted by atomic mass is 10.1. The summed E-state index contributed by atoms with van der Waals surface area (Å²) in [5.74, 6) is -2.33. The summed E-state index contributed by atoms with van der Waals surface area (Å²) >= 11 is 0. The van der Waals surface area contributed by atoms with Crippen LogP contribution in [0.2, 0.25) is 0 Å². The highest BCUT2D eigenvalue weighted by atomic mass is 31.2. The van der Waals surface area contributed by atoms with Crippen LogP contribution in [0.1, 0.15) is 323 Å². The molecular formula is C89H148O17P2. The number of phosphoric acid groups is 2. The highest BCUT2D eigenvalue weighted by Gasteiger charge is 2.30. The minimum atomic E-state index is -5.01. The van der Waals surface area contributed by atoms with Gasteiger partial charge in [0.2, 0.25) is 0 Å². The van der Waals surface area contributed by atoms with Gasteiger partial charge in [0.25, 0.3) is 0 Å². The monoisotopic (exact) mass is 1550 g/mol. The number of esters is 4. The quantitative estimate of drug-likeness (QED) is 0.0169. The smallest absolute Gasteiger partial charge is 0.462 e. The van der Waals surface area contributed by atoms with Crippen molar-refractivity contribution in [2.45, 2.75) is 341 Å². The van der Waals surface area contributed by atoms with Gasteiger partial charge in [0.05, 0.1) is 26.4 Å². The van der Waals surface area contributed by atoms with E-state index in [2.05, 4.69) is 174 Å². The minimum Gasteiger partial charge on any atom is -0.462 e. The molecule has 5 atom stereocenters. The van der Waals surface area contributed by atoms with Crippen molar-refractivity contribution in [1.82, 2.24) is 0 Å². The van der Waals surface area contributed by atoms with Crippen LogP contribution in [0.5, 0.6) is 0 Å². The molecule has 0 radical (unpaired) electrons. The van der Waals surface area contributed by atoms with Crippen LogP contribution in [0.25, 0.3) is 0 Å². The second kappa shape index (κ2) is 79.8. The Hall–Kier alpha value is -5.32. The Bertz CT molecular complexity index is 2660. The largest absolute Gasteiger partial charge is 0.472 e. The van der Waals surface area contributed by atoms with Gasteiger partial charge in [-0.25, -0.2) is 9.13 Å². The molecule has 0 saturated heterocycles. The van der Waals surface area contributed by atoms with Gasteiger partial charge in [0, 0.05) is 25.7 Å². The molecule has 19 heteroatoms. The maximum atomic E-state index is 13.1. The standard InChI is InChI=1S/C89H148O17P2/c1-5-9-13-17-21-25-29-33-37-39-41-43-47-49-53-57-61-65-69-73-86(91)99-79-84(105-88(93)75-71-67-63-59-55-51-45-35-31-27-23-19-15-11-7-3)81-103-107(95,96)101-77-83(90)78-102-108(97,98)104-82-85(106-89(94)76-72-68-64-60-56-52-46-36-32-28-24-20-16-12-8-4)80-100-87(92)74-70-66-62-58-54-50-48-44-42-40-38-34-30-26-22-18-14-10-6-2/h9,13,21-22,24-28,31,33-34,36-38,41-44,46,49-50,53-54,62,66,83-85,90H,5-8,10-12,14-20,23,29-30,32,35,39-40,45,47-48,51-52,55-61,63-65,67-82H2,1-4H3,(H,95,96)(H,97,98)/b13-9-,25-21-,26-22-,28-24-,31-27-,37-33-,38-34-,43-41-,44-42-,46-36-,53-49-,54-50-,66-62-/t83-,84-,85-/m1/s1. The lowest BCUT2D eigenvalue weighted by molar-refractivity contribution is -0.161. The van der Waals surface area contributed by atoms with E-state index in [0.717, 1.165) is 173 Å². The van der Waals surface area contributed by atoms with Crippen LogP contribution in [-0.4, -0.2) is 96.7 Å². The summed E-state index contributed by atoms with van der Waals surface area (Å²) in [5.41, 5.74) is 0. The number of aliphatic hydroxyl groups is 1. The molecule has 3 N–H and O–H groups in total. The fraction of sp³-hybridized carbons (Fsp3) is 0.663. The van der Waals surface area contributed by atoms with Gasteiger partial charge in [-0.2, -0.15) is 0 Å². The third-order valence-electron chi connectivity index (χ3n) is 17.0. The van der Waals surface area contributed by atoms with E-state index in [1.54, 1.807) is 0 Å². The number of hydrogen-bond acceptors (Lipinski definition) is 15. The van der Waals surface area contributed by atoms with Crippen molar-refractivity contribution in [3.63, 3.8) is 0 Å². The fourth-order valence-electron chi connectivity index (χ4n) is 10.6. The van der Waals surface area contributed by atoms with Gasteiger partial charge in [-0.3, -0.25) is 37.3 Å². The summed E-state index contributed by atoms with van der Waals surface area (Å²) in [7, 11) is -10.0. The minimum absolute atomic E-state index is 0.0303. The van der Waals surface area contributed by atoms with Crippen LogP contribution in [-0.2, 0) is 65.4 Å². The summed E-state index contributed by atoms with van der Waals surface area (Å²) in [4.78, 5) is 73.1. The third-order valence-corrected chi connectivity index (χ3v) is 18.9. The first-order chi connectivity index (χ1) is 52.7. The normalized spacial score (nSPS) is 14.6. The van der Waals surface area contributed by atoms with Crippen LogP contribution in [0.3, 0.4) is 0 Å². The molecular weight excluding hydrogens is 1400 g/mol. The van der Waals surface area contributed by atoms with Crippen molar-refractivity contribution in [3.05, 3.63) is 158 Å². The third kappa shape index (κ3) is 78.8. The van der Waals surface area contributed by atoms with E-state index in [-0.39, 0.29) is 25.7 Å². The van der Waals surface area contributed by atoms with Gasteiger partial charge in [0.15, 0.2) is 12.2 Å². The lowest BCUT2D eigenvalue weighted by Gasteiger charge is -2.21. The summed E-state index contributed by atoms with van der Waals surface area (Å²) in [6.07, 6.45) is 93.6. The van der Waals surface area contributed by atoms with Crippen molar-refractivity contribution in [2.24, 2.45) is 0 Å². The lowest BCUT2D eigenvalue weighted by Crippen LogP contribution is -2.30. The van der Waals surface area contributed by atoms with Crippen molar-refractivity contribution >= 4 is 39.5 Å². The molecule has 616 valence electrons. The van der Waals surface area contributed by atoms with E-state index >= 15 is 0 Å². The van der Waals surface area contributed by atoms with Gasteiger partial charge in [-0.15, -0.1) is 0 Å². The summed E-state index contributed by atoms with van der Waals surface area (Å²) in [5, 5.41) is 10.7. The fourth-order valence-corrected chi connectivity index (χ4v) is 12.2. The zero-order chi connectivity index (χ0) is 78.9. The molecule has 0 aliphatic rings. The number of allylic oxidation sites excluding steroid dienone is 26. The number of ether oxygens (including phenoxy) is 4. The molecule has 0 bridgehead atoms. The molecule has 0 rings (SSSR count). The van der Waals surface area contributed by atoms with Gasteiger partial charge >= 0.3 is 39.5 Å². The number of carbonyl (C=O) groups excluding carboxylic acids is 4. The second-order valence-corrected chi connectivity index (χ2v) is 30.2. The SMILES string of the molecule is CC/C=C\C/C=C\C/C=C\C/C=C\C/C=C\CCCCCC(=O)OC[C@H](COP(=O)(O)OC[C@@H](O)COP(=O)(O)OC[C@@H](COC(=O)CC/C=C\C/C=C\C/C=C\C/C=C\C/C=C\CCCCC)OC(=O)CCCCCCC/C=C\C/C=C\CCCCC)OC(=O)CCCCCCCCC/C=C\CCCCCC. The number of carbonyl (C=O) groups is 4. The number of phosphoric ester groups is 2. The van der Waals surface area contributed by atoms with Crippen molar-refractivity contribution in [1.29, 1.82) is 0 Å².